The van der Waals surface area contributed by atoms with Crippen LogP contribution in [0, 0.1) is 13.8 Å². The summed E-state index contributed by atoms with van der Waals surface area (Å²) in [4.78, 5) is 3.97. The van der Waals surface area contributed by atoms with E-state index in [1.807, 2.05) is 0 Å². The molecule has 0 aliphatic rings. The predicted octanol–water partition coefficient (Wildman–Crippen LogP) is 2.02. The first-order chi connectivity index (χ1) is 8.24. The molecule has 0 bridgehead atoms. The summed E-state index contributed by atoms with van der Waals surface area (Å²) in [6.07, 6.45) is 2.20. The highest BCUT2D eigenvalue weighted by Crippen LogP contribution is 2.08. The van der Waals surface area contributed by atoms with Gasteiger partial charge in [-0.1, -0.05) is 34.5 Å². The van der Waals surface area contributed by atoms with Gasteiger partial charge in [0.25, 0.3) is 0 Å². The van der Waals surface area contributed by atoms with E-state index in [4.69, 9.17) is 4.52 Å². The molecule has 4 heteroatoms. The number of hydrogen-bond donors (Lipinski definition) is 1. The van der Waals surface area contributed by atoms with Crippen molar-refractivity contribution in [3.05, 3.63) is 47.1 Å². The third-order valence-corrected chi connectivity index (χ3v) is 2.53. The SMILES string of the molecule is Cc1cc(C)cc(CNCCc2ncno2)c1. The van der Waals surface area contributed by atoms with Crippen LogP contribution < -0.4 is 5.32 Å². The maximum Gasteiger partial charge on any atom is 0.227 e. The summed E-state index contributed by atoms with van der Waals surface area (Å²) in [5.74, 6) is 0.679. The highest BCUT2D eigenvalue weighted by molar-refractivity contribution is 5.28. The molecule has 0 fully saturated rings. The molecule has 4 nitrogen and oxygen atoms in total. The van der Waals surface area contributed by atoms with Crippen LogP contribution in [0.5, 0.6) is 0 Å². The lowest BCUT2D eigenvalue weighted by Gasteiger charge is -2.06. The van der Waals surface area contributed by atoms with Gasteiger partial charge < -0.3 is 9.84 Å². The second-order valence-corrected chi connectivity index (χ2v) is 4.26. The molecule has 1 aromatic heterocycles. The largest absolute Gasteiger partial charge is 0.340 e. The van der Waals surface area contributed by atoms with Crippen LogP contribution in [0.1, 0.15) is 22.6 Å². The minimum absolute atomic E-state index is 0.679. The molecular formula is C13H17N3O. The smallest absolute Gasteiger partial charge is 0.227 e. The highest BCUT2D eigenvalue weighted by Gasteiger charge is 1.99. The van der Waals surface area contributed by atoms with Crippen molar-refractivity contribution in [2.75, 3.05) is 6.54 Å². The fourth-order valence-electron chi connectivity index (χ4n) is 1.91. The minimum atomic E-state index is 0.679. The topological polar surface area (TPSA) is 51.0 Å². The summed E-state index contributed by atoms with van der Waals surface area (Å²) in [7, 11) is 0. The molecule has 0 saturated heterocycles. The molecule has 2 aromatic rings. The van der Waals surface area contributed by atoms with Crippen LogP contribution in [0.25, 0.3) is 0 Å². The Balaban J connectivity index is 1.78. The Hall–Kier alpha value is -1.68. The number of aryl methyl sites for hydroxylation is 2. The van der Waals surface area contributed by atoms with Gasteiger partial charge in [0.15, 0.2) is 6.33 Å². The van der Waals surface area contributed by atoms with Crippen molar-refractivity contribution < 1.29 is 4.52 Å². The first kappa shape index (κ1) is 11.8. The molecule has 0 saturated carbocycles. The van der Waals surface area contributed by atoms with Gasteiger partial charge in [0.2, 0.25) is 5.89 Å². The van der Waals surface area contributed by atoms with Crippen LogP contribution >= 0.6 is 0 Å². The van der Waals surface area contributed by atoms with Crippen molar-refractivity contribution in [2.45, 2.75) is 26.8 Å². The molecule has 1 heterocycles. The van der Waals surface area contributed by atoms with Gasteiger partial charge in [0.05, 0.1) is 0 Å². The fourth-order valence-corrected chi connectivity index (χ4v) is 1.91. The maximum absolute atomic E-state index is 4.92. The van der Waals surface area contributed by atoms with Crippen molar-refractivity contribution in [3.8, 4) is 0 Å². The molecule has 0 unspecified atom stereocenters. The molecule has 1 N–H and O–H groups in total. The van der Waals surface area contributed by atoms with Gasteiger partial charge in [-0.25, -0.2) is 0 Å². The molecule has 0 aliphatic carbocycles. The maximum atomic E-state index is 4.92. The van der Waals surface area contributed by atoms with Gasteiger partial charge >= 0.3 is 0 Å². The summed E-state index contributed by atoms with van der Waals surface area (Å²) in [5.41, 5.74) is 3.92. The summed E-state index contributed by atoms with van der Waals surface area (Å²) >= 11 is 0. The quantitative estimate of drug-likeness (QED) is 0.800. The van der Waals surface area contributed by atoms with E-state index in [1.54, 1.807) is 0 Å². The van der Waals surface area contributed by atoms with Crippen molar-refractivity contribution in [2.24, 2.45) is 0 Å². The first-order valence-electron chi connectivity index (χ1n) is 5.77. The third kappa shape index (κ3) is 3.67. The number of nitrogens with one attached hydrogen (secondary N) is 1. The molecule has 90 valence electrons. The molecule has 0 spiro atoms. The Morgan fingerprint density at radius 3 is 2.59 bits per heavy atom. The first-order valence-corrected chi connectivity index (χ1v) is 5.77. The lowest BCUT2D eigenvalue weighted by Crippen LogP contribution is -2.16. The lowest BCUT2D eigenvalue weighted by atomic mass is 10.1. The van der Waals surface area contributed by atoms with E-state index in [-0.39, 0.29) is 0 Å². The van der Waals surface area contributed by atoms with Gasteiger partial charge in [0.1, 0.15) is 0 Å². The number of aromatic nitrogens is 2. The van der Waals surface area contributed by atoms with E-state index in [9.17, 15) is 0 Å². The normalized spacial score (nSPS) is 10.7. The molecule has 1 aromatic carbocycles. The van der Waals surface area contributed by atoms with E-state index in [1.165, 1.54) is 23.0 Å². The predicted molar refractivity (Wildman–Crippen MR) is 65.6 cm³/mol. The van der Waals surface area contributed by atoms with Gasteiger partial charge in [0, 0.05) is 19.5 Å². The van der Waals surface area contributed by atoms with Crippen LogP contribution in [0.2, 0.25) is 0 Å². The number of rotatable bonds is 5. The van der Waals surface area contributed by atoms with E-state index < -0.39 is 0 Å². The number of hydrogen-bond acceptors (Lipinski definition) is 4. The molecule has 2 rings (SSSR count). The highest BCUT2D eigenvalue weighted by atomic mass is 16.5. The molecule has 0 aliphatic heterocycles. The number of benzene rings is 1. The van der Waals surface area contributed by atoms with Gasteiger partial charge in [-0.15, -0.1) is 0 Å². The third-order valence-electron chi connectivity index (χ3n) is 2.53. The summed E-state index contributed by atoms with van der Waals surface area (Å²) < 4.78 is 4.92. The van der Waals surface area contributed by atoms with Gasteiger partial charge in [-0.2, -0.15) is 4.98 Å². The summed E-state index contributed by atoms with van der Waals surface area (Å²) in [6, 6.07) is 6.58. The molecule has 17 heavy (non-hydrogen) atoms. The van der Waals surface area contributed by atoms with E-state index in [0.29, 0.717) is 5.89 Å². The van der Waals surface area contributed by atoms with E-state index in [2.05, 4.69) is 47.5 Å². The van der Waals surface area contributed by atoms with Crippen LogP contribution in [-0.4, -0.2) is 16.7 Å². The Morgan fingerprint density at radius 2 is 1.94 bits per heavy atom. The Kier molecular flexibility index (Phi) is 3.88. The summed E-state index contributed by atoms with van der Waals surface area (Å²) in [6.45, 7) is 5.95. The molecule has 0 amide bonds. The molecule has 0 atom stereocenters. The van der Waals surface area contributed by atoms with E-state index in [0.717, 1.165) is 19.5 Å². The Bertz CT molecular complexity index is 445. The van der Waals surface area contributed by atoms with Crippen molar-refractivity contribution in [1.82, 2.24) is 15.5 Å². The zero-order valence-electron chi connectivity index (χ0n) is 10.2. The monoisotopic (exact) mass is 231 g/mol. The second kappa shape index (κ2) is 5.59. The van der Waals surface area contributed by atoms with Crippen molar-refractivity contribution >= 4 is 0 Å². The lowest BCUT2D eigenvalue weighted by molar-refractivity contribution is 0.375. The van der Waals surface area contributed by atoms with E-state index >= 15 is 0 Å². The minimum Gasteiger partial charge on any atom is -0.340 e. The zero-order chi connectivity index (χ0) is 12.1. The number of nitrogens with zero attached hydrogens (tertiary/aromatic N) is 2. The second-order valence-electron chi connectivity index (χ2n) is 4.26. The van der Waals surface area contributed by atoms with Crippen LogP contribution in [0.15, 0.2) is 29.0 Å². The molecular weight excluding hydrogens is 214 g/mol. The zero-order valence-corrected chi connectivity index (χ0v) is 10.2. The Morgan fingerprint density at radius 1 is 1.18 bits per heavy atom. The average Bonchev–Trinajstić information content (AvgIpc) is 2.76. The molecule has 0 radical (unpaired) electrons. The van der Waals surface area contributed by atoms with Gasteiger partial charge in [-0.3, -0.25) is 0 Å². The van der Waals surface area contributed by atoms with Crippen LogP contribution in [0.4, 0.5) is 0 Å². The van der Waals surface area contributed by atoms with Crippen molar-refractivity contribution in [1.29, 1.82) is 0 Å². The Labute approximate surface area is 101 Å². The van der Waals surface area contributed by atoms with Gasteiger partial charge in [-0.05, 0) is 19.4 Å². The van der Waals surface area contributed by atoms with Crippen LogP contribution in [0.3, 0.4) is 0 Å². The fraction of sp³-hybridized carbons (Fsp3) is 0.385. The van der Waals surface area contributed by atoms with Crippen molar-refractivity contribution in [3.63, 3.8) is 0 Å². The standard InChI is InChI=1S/C13H17N3O/c1-10-5-11(2)7-12(6-10)8-14-4-3-13-15-9-16-17-13/h5-7,9,14H,3-4,8H2,1-2H3. The summed E-state index contributed by atoms with van der Waals surface area (Å²) in [5, 5.41) is 6.94. The average molecular weight is 231 g/mol. The van der Waals surface area contributed by atoms with Crippen LogP contribution in [-0.2, 0) is 13.0 Å².